The fraction of sp³-hybridized carbons (Fsp3) is 0.211. The Hall–Kier alpha value is -2.73. The van der Waals surface area contributed by atoms with Gasteiger partial charge in [-0.15, -0.1) is 11.3 Å². The van der Waals surface area contributed by atoms with Gasteiger partial charge in [0.1, 0.15) is 11.6 Å². The highest BCUT2D eigenvalue weighted by molar-refractivity contribution is 7.18. The number of rotatable bonds is 7. The Bertz CT molecular complexity index is 828. The van der Waals surface area contributed by atoms with Gasteiger partial charge in [0, 0.05) is 6.54 Å². The molecular weight excluding hydrogens is 336 g/mol. The van der Waals surface area contributed by atoms with Crippen LogP contribution >= 0.6 is 11.3 Å². The molecule has 1 amide bonds. The van der Waals surface area contributed by atoms with E-state index in [0.717, 1.165) is 20.8 Å². The molecule has 0 aliphatic heterocycles. The molecule has 0 bridgehead atoms. The zero-order valence-electron chi connectivity index (χ0n) is 13.6. The van der Waals surface area contributed by atoms with Gasteiger partial charge in [-0.1, -0.05) is 42.5 Å². The van der Waals surface area contributed by atoms with Gasteiger partial charge in [0.2, 0.25) is 5.91 Å². The van der Waals surface area contributed by atoms with E-state index in [1.807, 2.05) is 54.6 Å². The van der Waals surface area contributed by atoms with Crippen LogP contribution < -0.4 is 5.32 Å². The van der Waals surface area contributed by atoms with E-state index in [9.17, 15) is 9.59 Å². The molecular formula is C19H18N2O3S. The summed E-state index contributed by atoms with van der Waals surface area (Å²) in [5.74, 6) is -0.454. The van der Waals surface area contributed by atoms with Crippen LogP contribution in [0.4, 0.5) is 0 Å². The highest BCUT2D eigenvalue weighted by Gasteiger charge is 2.09. The first-order chi connectivity index (χ1) is 12.2. The molecule has 0 saturated carbocycles. The van der Waals surface area contributed by atoms with E-state index in [0.29, 0.717) is 6.42 Å². The maximum Gasteiger partial charge on any atom is 0.307 e. The third-order valence-electron chi connectivity index (χ3n) is 3.55. The molecule has 3 rings (SSSR count). The lowest BCUT2D eigenvalue weighted by molar-refractivity contribution is -0.144. The zero-order valence-corrected chi connectivity index (χ0v) is 14.4. The normalized spacial score (nSPS) is 10.6. The Morgan fingerprint density at radius 3 is 2.60 bits per heavy atom. The van der Waals surface area contributed by atoms with Crippen LogP contribution in [0, 0.1) is 0 Å². The summed E-state index contributed by atoms with van der Waals surface area (Å²) in [6.07, 6.45) is 0.451. The second-order valence-electron chi connectivity index (χ2n) is 5.50. The minimum absolute atomic E-state index is 0.106. The summed E-state index contributed by atoms with van der Waals surface area (Å²) >= 11 is 1.51. The Balaban J connectivity index is 1.37. The fourth-order valence-electron chi connectivity index (χ4n) is 2.34. The topological polar surface area (TPSA) is 68.3 Å². The summed E-state index contributed by atoms with van der Waals surface area (Å²) in [4.78, 5) is 28.0. The predicted molar refractivity (Wildman–Crippen MR) is 97.2 cm³/mol. The number of hydrogen-bond donors (Lipinski definition) is 1. The third-order valence-corrected chi connectivity index (χ3v) is 4.56. The van der Waals surface area contributed by atoms with Gasteiger partial charge in [0.25, 0.3) is 0 Å². The lowest BCUT2D eigenvalue weighted by atomic mass is 10.1. The molecule has 0 spiro atoms. The first-order valence-corrected chi connectivity index (χ1v) is 8.83. The Morgan fingerprint density at radius 1 is 1.04 bits per heavy atom. The number of nitrogens with one attached hydrogen (secondary N) is 1. The van der Waals surface area contributed by atoms with E-state index in [1.165, 1.54) is 11.3 Å². The van der Waals surface area contributed by atoms with Crippen LogP contribution in [0.25, 0.3) is 10.2 Å². The number of aromatic nitrogens is 1. The van der Waals surface area contributed by atoms with Crippen LogP contribution in [-0.4, -0.2) is 23.4 Å². The van der Waals surface area contributed by atoms with Gasteiger partial charge in [-0.3, -0.25) is 9.59 Å². The molecule has 1 N–H and O–H groups in total. The summed E-state index contributed by atoms with van der Waals surface area (Å²) in [7, 11) is 0. The van der Waals surface area contributed by atoms with Gasteiger partial charge in [0.05, 0.1) is 23.1 Å². The number of hydrogen-bond acceptors (Lipinski definition) is 5. The van der Waals surface area contributed by atoms with Crippen molar-refractivity contribution >= 4 is 33.4 Å². The Labute approximate surface area is 149 Å². The standard InChI is InChI=1S/C19H18N2O3S/c22-17(12-14-6-2-1-3-7-14)20-11-10-19(23)24-13-18-21-15-8-4-5-9-16(15)25-18/h1-9H,10-13H2,(H,20,22). The van der Waals surface area contributed by atoms with Crippen LogP contribution in [0.1, 0.15) is 17.0 Å². The summed E-state index contributed by atoms with van der Waals surface area (Å²) in [6.45, 7) is 0.431. The minimum atomic E-state index is -0.348. The number of carbonyl (C=O) groups excluding carboxylic acids is 2. The molecule has 5 nitrogen and oxygen atoms in total. The van der Waals surface area contributed by atoms with Gasteiger partial charge in [-0.2, -0.15) is 0 Å². The van der Waals surface area contributed by atoms with Crippen LogP contribution in [-0.2, 0) is 27.4 Å². The lowest BCUT2D eigenvalue weighted by Gasteiger charge is -2.05. The largest absolute Gasteiger partial charge is 0.458 e. The molecule has 0 atom stereocenters. The van der Waals surface area contributed by atoms with Crippen LogP contribution in [0.3, 0.4) is 0 Å². The van der Waals surface area contributed by atoms with Crippen molar-refractivity contribution in [1.82, 2.24) is 10.3 Å². The van der Waals surface area contributed by atoms with Crippen molar-refractivity contribution in [2.75, 3.05) is 6.54 Å². The number of amides is 1. The molecule has 1 heterocycles. The molecule has 0 saturated heterocycles. The van der Waals surface area contributed by atoms with E-state index in [4.69, 9.17) is 4.74 Å². The third kappa shape index (κ3) is 5.12. The van der Waals surface area contributed by atoms with Crippen molar-refractivity contribution in [3.8, 4) is 0 Å². The fourth-order valence-corrected chi connectivity index (χ4v) is 3.22. The van der Waals surface area contributed by atoms with Crippen molar-refractivity contribution in [2.24, 2.45) is 0 Å². The first-order valence-electron chi connectivity index (χ1n) is 8.01. The highest BCUT2D eigenvalue weighted by Crippen LogP contribution is 2.21. The number of thiazole rings is 1. The molecule has 128 valence electrons. The average Bonchev–Trinajstić information content (AvgIpc) is 3.04. The molecule has 0 aliphatic rings. The monoisotopic (exact) mass is 354 g/mol. The SMILES string of the molecule is O=C(Cc1ccccc1)NCCC(=O)OCc1nc2ccccc2s1. The van der Waals surface area contributed by atoms with Gasteiger partial charge in [-0.25, -0.2) is 4.98 Å². The number of ether oxygens (including phenoxy) is 1. The van der Waals surface area contributed by atoms with Crippen molar-refractivity contribution in [3.05, 3.63) is 65.2 Å². The summed E-state index contributed by atoms with van der Waals surface area (Å²) in [6, 6.07) is 17.3. The van der Waals surface area contributed by atoms with E-state index >= 15 is 0 Å². The van der Waals surface area contributed by atoms with Gasteiger partial charge >= 0.3 is 5.97 Å². The van der Waals surface area contributed by atoms with Crippen molar-refractivity contribution in [2.45, 2.75) is 19.4 Å². The number of fused-ring (bicyclic) bond motifs is 1. The number of esters is 1. The molecule has 0 radical (unpaired) electrons. The van der Waals surface area contributed by atoms with Crippen molar-refractivity contribution < 1.29 is 14.3 Å². The molecule has 2 aromatic carbocycles. The van der Waals surface area contributed by atoms with Crippen molar-refractivity contribution in [1.29, 1.82) is 0 Å². The molecule has 6 heteroatoms. The molecule has 0 fully saturated rings. The van der Waals surface area contributed by atoms with E-state index in [-0.39, 0.29) is 31.4 Å². The molecule has 0 unspecified atom stereocenters. The number of benzene rings is 2. The maximum absolute atomic E-state index is 11.8. The predicted octanol–water partition coefficient (Wildman–Crippen LogP) is 3.09. The molecule has 3 aromatic rings. The van der Waals surface area contributed by atoms with Crippen LogP contribution in [0.15, 0.2) is 54.6 Å². The minimum Gasteiger partial charge on any atom is -0.458 e. The second kappa shape index (κ2) is 8.39. The van der Waals surface area contributed by atoms with Crippen molar-refractivity contribution in [3.63, 3.8) is 0 Å². The second-order valence-corrected chi connectivity index (χ2v) is 6.61. The average molecular weight is 354 g/mol. The van der Waals surface area contributed by atoms with E-state index in [2.05, 4.69) is 10.3 Å². The van der Waals surface area contributed by atoms with Gasteiger partial charge in [0.15, 0.2) is 0 Å². The maximum atomic E-state index is 11.8. The first kappa shape index (κ1) is 17.1. The van der Waals surface area contributed by atoms with Crippen LogP contribution in [0.2, 0.25) is 0 Å². The quantitative estimate of drug-likeness (QED) is 0.662. The van der Waals surface area contributed by atoms with Crippen LogP contribution in [0.5, 0.6) is 0 Å². The summed E-state index contributed by atoms with van der Waals surface area (Å²) < 4.78 is 6.29. The summed E-state index contributed by atoms with van der Waals surface area (Å²) in [5, 5.41) is 3.50. The zero-order chi connectivity index (χ0) is 17.5. The molecule has 25 heavy (non-hydrogen) atoms. The number of nitrogens with zero attached hydrogens (tertiary/aromatic N) is 1. The van der Waals surface area contributed by atoms with Gasteiger partial charge < -0.3 is 10.1 Å². The number of carbonyl (C=O) groups is 2. The van der Waals surface area contributed by atoms with Gasteiger partial charge in [-0.05, 0) is 17.7 Å². The molecule has 1 aromatic heterocycles. The molecule has 0 aliphatic carbocycles. The number of para-hydroxylation sites is 1. The Kier molecular flexibility index (Phi) is 5.74. The summed E-state index contributed by atoms with van der Waals surface area (Å²) in [5.41, 5.74) is 1.85. The highest BCUT2D eigenvalue weighted by atomic mass is 32.1. The van der Waals surface area contributed by atoms with E-state index < -0.39 is 0 Å². The smallest absolute Gasteiger partial charge is 0.307 e. The Morgan fingerprint density at radius 2 is 1.80 bits per heavy atom. The lowest BCUT2D eigenvalue weighted by Crippen LogP contribution is -2.27. The van der Waals surface area contributed by atoms with E-state index in [1.54, 1.807) is 0 Å².